The first kappa shape index (κ1) is 18.9. The number of morpholine rings is 1. The smallest absolute Gasteiger partial charge is 0.275 e. The largest absolute Gasteiger partial charge is 0.481 e. The fourth-order valence-corrected chi connectivity index (χ4v) is 3.68. The van der Waals surface area contributed by atoms with E-state index >= 15 is 0 Å². The van der Waals surface area contributed by atoms with Crippen LogP contribution >= 0.6 is 0 Å². The van der Waals surface area contributed by atoms with Crippen molar-refractivity contribution in [2.24, 2.45) is 0 Å². The summed E-state index contributed by atoms with van der Waals surface area (Å²) >= 11 is 0. The van der Waals surface area contributed by atoms with Crippen LogP contribution in [-0.2, 0) is 11.3 Å². The van der Waals surface area contributed by atoms with Gasteiger partial charge in [-0.1, -0.05) is 0 Å². The molecule has 3 aromatic heterocycles. The van der Waals surface area contributed by atoms with Crippen LogP contribution in [0.25, 0.3) is 16.7 Å². The Balaban J connectivity index is 1.42. The number of hydrogen-bond acceptors (Lipinski definition) is 6. The van der Waals surface area contributed by atoms with E-state index in [1.807, 2.05) is 33.4 Å². The maximum atomic E-state index is 12.9. The number of nitrogens with one attached hydrogen (secondary N) is 1. The van der Waals surface area contributed by atoms with E-state index in [2.05, 4.69) is 15.2 Å². The first-order valence-electron chi connectivity index (χ1n) is 9.83. The number of hydrogen-bond donors (Lipinski definition) is 1. The van der Waals surface area contributed by atoms with Crippen LogP contribution < -0.4 is 15.6 Å². The summed E-state index contributed by atoms with van der Waals surface area (Å²) < 4.78 is 14.3. The van der Waals surface area contributed by atoms with E-state index in [0.717, 1.165) is 63.5 Å². The van der Waals surface area contributed by atoms with Crippen LogP contribution in [0.2, 0.25) is 0 Å². The van der Waals surface area contributed by atoms with Gasteiger partial charge in [-0.25, -0.2) is 0 Å². The zero-order valence-corrected chi connectivity index (χ0v) is 16.3. The molecule has 0 unspecified atom stereocenters. The molecule has 1 aliphatic rings. The molecule has 0 spiro atoms. The van der Waals surface area contributed by atoms with Crippen LogP contribution in [0.4, 0.5) is 0 Å². The maximum absolute atomic E-state index is 12.9. The highest BCUT2D eigenvalue weighted by Crippen LogP contribution is 2.17. The lowest BCUT2D eigenvalue weighted by Crippen LogP contribution is -2.40. The van der Waals surface area contributed by atoms with E-state index in [4.69, 9.17) is 9.47 Å². The molecule has 28 heavy (non-hydrogen) atoms. The number of nitrogens with zero attached hydrogens (tertiary/aromatic N) is 4. The number of aryl methyl sites for hydroxylation is 1. The highest BCUT2D eigenvalue weighted by molar-refractivity contribution is 5.75. The van der Waals surface area contributed by atoms with Crippen LogP contribution in [0.3, 0.4) is 0 Å². The van der Waals surface area contributed by atoms with Gasteiger partial charge in [0.05, 0.1) is 25.8 Å². The van der Waals surface area contributed by atoms with E-state index in [1.54, 1.807) is 13.2 Å². The molecule has 0 atom stereocenters. The Labute approximate surface area is 163 Å². The molecule has 0 bridgehead atoms. The van der Waals surface area contributed by atoms with Crippen molar-refractivity contribution < 1.29 is 9.47 Å². The van der Waals surface area contributed by atoms with Gasteiger partial charge in [-0.05, 0) is 31.2 Å². The van der Waals surface area contributed by atoms with Crippen molar-refractivity contribution in [1.82, 2.24) is 24.2 Å². The van der Waals surface area contributed by atoms with Gasteiger partial charge in [0, 0.05) is 45.0 Å². The quantitative estimate of drug-likeness (QED) is 0.583. The molecule has 8 nitrogen and oxygen atoms in total. The van der Waals surface area contributed by atoms with E-state index in [-0.39, 0.29) is 5.56 Å². The number of fused-ring (bicyclic) bond motifs is 3. The van der Waals surface area contributed by atoms with Crippen LogP contribution in [0.1, 0.15) is 6.42 Å². The minimum Gasteiger partial charge on any atom is -0.481 e. The summed E-state index contributed by atoms with van der Waals surface area (Å²) in [6, 6.07) is 7.41. The fourth-order valence-electron chi connectivity index (χ4n) is 3.68. The van der Waals surface area contributed by atoms with Crippen molar-refractivity contribution in [2.45, 2.75) is 13.0 Å². The molecule has 0 saturated carbocycles. The van der Waals surface area contributed by atoms with Crippen molar-refractivity contribution >= 4 is 16.7 Å². The Bertz CT molecular complexity index is 991. The van der Waals surface area contributed by atoms with Crippen LogP contribution in [0, 0.1) is 0 Å². The number of aromatic nitrogens is 3. The normalized spacial score (nSPS) is 15.5. The summed E-state index contributed by atoms with van der Waals surface area (Å²) in [5.41, 5.74) is 2.20. The SMILES string of the molecule is COc1ccc2c(n1)n1cccc1c(=O)n2CCCNCCN1CCOCC1. The maximum Gasteiger partial charge on any atom is 0.275 e. The van der Waals surface area contributed by atoms with E-state index < -0.39 is 0 Å². The second kappa shape index (κ2) is 8.72. The Morgan fingerprint density at radius 2 is 2.00 bits per heavy atom. The molecular weight excluding hydrogens is 358 g/mol. The molecule has 0 radical (unpaired) electrons. The van der Waals surface area contributed by atoms with Gasteiger partial charge in [0.25, 0.3) is 5.56 Å². The standard InChI is InChI=1S/C20H27N5O3/c1-27-18-6-5-16-19(22-18)24-9-2-4-17(24)20(26)25(16)10-3-7-21-8-11-23-12-14-28-15-13-23/h2,4-6,9,21H,3,7-8,10-15H2,1H3. The molecule has 4 rings (SSSR count). The van der Waals surface area contributed by atoms with E-state index in [1.165, 1.54) is 0 Å². The fraction of sp³-hybridized carbons (Fsp3) is 0.500. The summed E-state index contributed by atoms with van der Waals surface area (Å²) in [7, 11) is 1.60. The van der Waals surface area contributed by atoms with Gasteiger partial charge >= 0.3 is 0 Å². The Morgan fingerprint density at radius 1 is 1.14 bits per heavy atom. The number of rotatable bonds is 8. The average molecular weight is 385 g/mol. The van der Waals surface area contributed by atoms with Gasteiger partial charge in [0.15, 0.2) is 5.65 Å². The second-order valence-electron chi connectivity index (χ2n) is 6.97. The van der Waals surface area contributed by atoms with Gasteiger partial charge in [0.1, 0.15) is 5.52 Å². The summed E-state index contributed by atoms with van der Waals surface area (Å²) in [5, 5.41) is 3.48. The second-order valence-corrected chi connectivity index (χ2v) is 6.97. The van der Waals surface area contributed by atoms with Crippen molar-refractivity contribution in [3.05, 3.63) is 40.8 Å². The van der Waals surface area contributed by atoms with Crippen molar-refractivity contribution in [3.8, 4) is 5.88 Å². The molecule has 4 heterocycles. The highest BCUT2D eigenvalue weighted by Gasteiger charge is 2.12. The van der Waals surface area contributed by atoms with Gasteiger partial charge in [0.2, 0.25) is 5.88 Å². The van der Waals surface area contributed by atoms with Gasteiger partial charge in [-0.2, -0.15) is 4.98 Å². The molecule has 1 N–H and O–H groups in total. The predicted molar refractivity (Wildman–Crippen MR) is 108 cm³/mol. The third-order valence-electron chi connectivity index (χ3n) is 5.21. The Hall–Kier alpha value is -2.42. The minimum absolute atomic E-state index is 0.0118. The summed E-state index contributed by atoms with van der Waals surface area (Å²) in [6.45, 7) is 7.18. The molecular formula is C20H27N5O3. The minimum atomic E-state index is 0.0118. The van der Waals surface area contributed by atoms with Crippen LogP contribution in [0.15, 0.2) is 35.3 Å². The van der Waals surface area contributed by atoms with Crippen molar-refractivity contribution in [2.75, 3.05) is 53.0 Å². The third kappa shape index (κ3) is 3.89. The highest BCUT2D eigenvalue weighted by atomic mass is 16.5. The molecule has 1 fully saturated rings. The van der Waals surface area contributed by atoms with Gasteiger partial charge in [-0.15, -0.1) is 0 Å². The first-order chi connectivity index (χ1) is 13.8. The lowest BCUT2D eigenvalue weighted by Gasteiger charge is -2.26. The molecule has 0 amide bonds. The summed E-state index contributed by atoms with van der Waals surface area (Å²) in [6.07, 6.45) is 2.74. The monoisotopic (exact) mass is 385 g/mol. The van der Waals surface area contributed by atoms with Gasteiger partial charge in [-0.3, -0.25) is 14.1 Å². The molecule has 150 valence electrons. The lowest BCUT2D eigenvalue weighted by molar-refractivity contribution is 0.0384. The van der Waals surface area contributed by atoms with Crippen molar-refractivity contribution in [3.63, 3.8) is 0 Å². The lowest BCUT2D eigenvalue weighted by atomic mass is 10.3. The molecule has 0 aromatic carbocycles. The number of pyridine rings is 1. The van der Waals surface area contributed by atoms with Crippen LogP contribution in [0.5, 0.6) is 5.88 Å². The molecule has 3 aromatic rings. The third-order valence-corrected chi connectivity index (χ3v) is 5.21. The topological polar surface area (TPSA) is 73.0 Å². The predicted octanol–water partition coefficient (Wildman–Crippen LogP) is 0.970. The van der Waals surface area contributed by atoms with E-state index in [9.17, 15) is 4.79 Å². The van der Waals surface area contributed by atoms with Crippen LogP contribution in [-0.4, -0.2) is 71.9 Å². The van der Waals surface area contributed by atoms with E-state index in [0.29, 0.717) is 17.9 Å². The summed E-state index contributed by atoms with van der Waals surface area (Å²) in [5.74, 6) is 0.539. The zero-order chi connectivity index (χ0) is 19.3. The first-order valence-corrected chi connectivity index (χ1v) is 9.83. The average Bonchev–Trinajstić information content (AvgIpc) is 3.23. The number of methoxy groups -OCH3 is 1. The molecule has 0 aliphatic carbocycles. The van der Waals surface area contributed by atoms with Crippen molar-refractivity contribution in [1.29, 1.82) is 0 Å². The zero-order valence-electron chi connectivity index (χ0n) is 16.3. The Kier molecular flexibility index (Phi) is 5.90. The molecule has 1 saturated heterocycles. The van der Waals surface area contributed by atoms with Gasteiger partial charge < -0.3 is 19.4 Å². The molecule has 1 aliphatic heterocycles. The summed E-state index contributed by atoms with van der Waals surface area (Å²) in [4.78, 5) is 19.9. The Morgan fingerprint density at radius 3 is 2.82 bits per heavy atom. The molecule has 8 heteroatoms. The number of ether oxygens (including phenoxy) is 2.